The molecule has 0 spiro atoms. The number of nitrogens with zero attached hydrogens (tertiary/aromatic N) is 1. The van der Waals surface area contributed by atoms with Gasteiger partial charge in [0.1, 0.15) is 0 Å². The summed E-state index contributed by atoms with van der Waals surface area (Å²) in [4.78, 5) is 14.5. The van der Waals surface area contributed by atoms with E-state index in [9.17, 15) is 21.6 Å². The Morgan fingerprint density at radius 2 is 1.56 bits per heavy atom. The Hall–Kier alpha value is -1.53. The molecular formula is C16H24N2O7S2. The molecule has 1 aromatic rings. The number of carbonyl (C=O) groups excluding carboxylic acids is 1. The summed E-state index contributed by atoms with van der Waals surface area (Å²) >= 11 is 0. The zero-order chi connectivity index (χ0) is 20.1. The Morgan fingerprint density at radius 3 is 2.04 bits per heavy atom. The topological polar surface area (TPSA) is 141 Å². The second-order valence-corrected chi connectivity index (χ2v) is 9.73. The quantitative estimate of drug-likeness (QED) is 0.505. The molecule has 9 nitrogen and oxygen atoms in total. The average molecular weight is 421 g/mol. The fourth-order valence-corrected chi connectivity index (χ4v) is 4.81. The van der Waals surface area contributed by atoms with Crippen LogP contribution in [-0.2, 0) is 31.6 Å². The van der Waals surface area contributed by atoms with Crippen LogP contribution in [0.2, 0.25) is 0 Å². The van der Waals surface area contributed by atoms with E-state index in [2.05, 4.69) is 10.2 Å². The Labute approximate surface area is 159 Å². The van der Waals surface area contributed by atoms with Crippen molar-refractivity contribution in [2.45, 2.75) is 25.4 Å². The number of benzene rings is 1. The Bertz CT molecular complexity index is 799. The molecule has 0 bridgehead atoms. The number of amides is 1. The van der Waals surface area contributed by atoms with Gasteiger partial charge in [0.05, 0.1) is 17.4 Å². The number of rotatable bonds is 8. The van der Waals surface area contributed by atoms with Crippen LogP contribution >= 0.6 is 0 Å². The maximum atomic E-state index is 12.3. The summed E-state index contributed by atoms with van der Waals surface area (Å²) in [6.07, 6.45) is 1.26. The highest BCUT2D eigenvalue weighted by atomic mass is 32.2. The lowest BCUT2D eigenvalue weighted by molar-refractivity contribution is -0.124. The molecule has 1 aliphatic rings. The molecule has 1 heterocycles. The van der Waals surface area contributed by atoms with Gasteiger partial charge in [-0.2, -0.15) is 16.8 Å². The molecule has 1 fully saturated rings. The second kappa shape index (κ2) is 9.11. The smallest absolute Gasteiger partial charge is 0.265 e. The highest BCUT2D eigenvalue weighted by Crippen LogP contribution is 2.15. The number of nitrogens with one attached hydrogen (secondary N) is 1. The van der Waals surface area contributed by atoms with Crippen molar-refractivity contribution in [3.8, 4) is 0 Å². The fraction of sp³-hybridized carbons (Fsp3) is 0.562. The van der Waals surface area contributed by atoms with Crippen molar-refractivity contribution in [1.29, 1.82) is 0 Å². The molecule has 152 valence electrons. The average Bonchev–Trinajstić information content (AvgIpc) is 2.54. The summed E-state index contributed by atoms with van der Waals surface area (Å²) < 4.78 is 62.0. The Kier molecular flexibility index (Phi) is 7.34. The number of likely N-dealkylation sites (tertiary alicyclic amines) is 1. The summed E-state index contributed by atoms with van der Waals surface area (Å²) in [7, 11) is -9.14. The van der Waals surface area contributed by atoms with E-state index in [1.165, 1.54) is 5.56 Å². The minimum absolute atomic E-state index is 0.227. The molecule has 1 aromatic carbocycles. The van der Waals surface area contributed by atoms with Crippen LogP contribution in [0.1, 0.15) is 18.4 Å². The standard InChI is InChI=1S/C16H24N2O7S2/c19-16(14(11-26(20,21)22)12-27(23,24)25)17-15-6-8-18(9-7-15)10-13-4-2-1-3-5-13/h1-5,14-15H,6-12H2,(H,17,19)(H,20,21,22)(H,23,24,25). The van der Waals surface area contributed by atoms with Crippen LogP contribution in [0.5, 0.6) is 0 Å². The lowest BCUT2D eigenvalue weighted by Crippen LogP contribution is -2.48. The first-order valence-corrected chi connectivity index (χ1v) is 11.7. The van der Waals surface area contributed by atoms with Crippen LogP contribution < -0.4 is 5.32 Å². The van der Waals surface area contributed by atoms with Crippen LogP contribution in [0.25, 0.3) is 0 Å². The van der Waals surface area contributed by atoms with Crippen LogP contribution in [0.3, 0.4) is 0 Å². The van der Waals surface area contributed by atoms with Gasteiger partial charge in [0.25, 0.3) is 20.2 Å². The van der Waals surface area contributed by atoms with Gasteiger partial charge in [-0.05, 0) is 18.4 Å². The van der Waals surface area contributed by atoms with Gasteiger partial charge in [0.2, 0.25) is 5.91 Å². The van der Waals surface area contributed by atoms with Gasteiger partial charge >= 0.3 is 0 Å². The van der Waals surface area contributed by atoms with Crippen molar-refractivity contribution < 1.29 is 30.7 Å². The molecule has 1 saturated heterocycles. The molecule has 1 aliphatic heterocycles. The summed E-state index contributed by atoms with van der Waals surface area (Å²) in [5.74, 6) is -4.51. The Morgan fingerprint density at radius 1 is 1.04 bits per heavy atom. The van der Waals surface area contributed by atoms with Crippen LogP contribution in [0.15, 0.2) is 30.3 Å². The zero-order valence-electron chi connectivity index (χ0n) is 14.7. The van der Waals surface area contributed by atoms with Gasteiger partial charge in [-0.25, -0.2) is 0 Å². The molecule has 0 saturated carbocycles. The molecule has 1 amide bonds. The summed E-state index contributed by atoms with van der Waals surface area (Å²) in [6, 6.07) is 9.71. The molecule has 11 heteroatoms. The number of hydrogen-bond acceptors (Lipinski definition) is 6. The molecule has 0 radical (unpaired) electrons. The third kappa shape index (κ3) is 8.35. The summed E-state index contributed by atoms with van der Waals surface area (Å²) in [5.41, 5.74) is 1.18. The highest BCUT2D eigenvalue weighted by Gasteiger charge is 2.31. The number of carbonyl (C=O) groups is 1. The van der Waals surface area contributed by atoms with E-state index < -0.39 is 43.6 Å². The van der Waals surface area contributed by atoms with E-state index in [-0.39, 0.29) is 6.04 Å². The van der Waals surface area contributed by atoms with Gasteiger partial charge in [0.15, 0.2) is 0 Å². The largest absolute Gasteiger partial charge is 0.353 e. The van der Waals surface area contributed by atoms with Crippen molar-refractivity contribution >= 4 is 26.1 Å². The molecule has 27 heavy (non-hydrogen) atoms. The van der Waals surface area contributed by atoms with Gasteiger partial charge in [0, 0.05) is 25.7 Å². The molecule has 3 N–H and O–H groups in total. The van der Waals surface area contributed by atoms with Gasteiger partial charge in [-0.3, -0.25) is 18.8 Å². The van der Waals surface area contributed by atoms with Crippen molar-refractivity contribution in [3.05, 3.63) is 35.9 Å². The van der Waals surface area contributed by atoms with E-state index in [0.29, 0.717) is 12.8 Å². The first-order chi connectivity index (χ1) is 12.5. The predicted octanol–water partition coefficient (Wildman–Crippen LogP) is 0.159. The van der Waals surface area contributed by atoms with Gasteiger partial charge < -0.3 is 5.32 Å². The van der Waals surface area contributed by atoms with E-state index in [4.69, 9.17) is 9.11 Å². The number of hydrogen-bond donors (Lipinski definition) is 3. The molecule has 0 aromatic heterocycles. The predicted molar refractivity (Wildman–Crippen MR) is 99.2 cm³/mol. The third-order valence-corrected chi connectivity index (χ3v) is 6.02. The van der Waals surface area contributed by atoms with Crippen molar-refractivity contribution in [2.24, 2.45) is 5.92 Å². The molecular weight excluding hydrogens is 396 g/mol. The first kappa shape index (κ1) is 21.8. The summed E-state index contributed by atoms with van der Waals surface area (Å²) in [5, 5.41) is 2.63. The molecule has 0 aliphatic carbocycles. The van der Waals surface area contributed by atoms with Gasteiger partial charge in [-0.15, -0.1) is 0 Å². The van der Waals surface area contributed by atoms with E-state index >= 15 is 0 Å². The summed E-state index contributed by atoms with van der Waals surface area (Å²) in [6.45, 7) is 2.23. The monoisotopic (exact) mass is 420 g/mol. The normalized spacial score (nSPS) is 17.1. The minimum atomic E-state index is -4.57. The lowest BCUT2D eigenvalue weighted by Gasteiger charge is -2.33. The maximum Gasteiger partial charge on any atom is 0.265 e. The van der Waals surface area contributed by atoms with E-state index in [0.717, 1.165) is 19.6 Å². The van der Waals surface area contributed by atoms with Crippen LogP contribution in [0, 0.1) is 5.92 Å². The van der Waals surface area contributed by atoms with E-state index in [1.54, 1.807) is 0 Å². The highest BCUT2D eigenvalue weighted by molar-refractivity contribution is 7.86. The maximum absolute atomic E-state index is 12.3. The fourth-order valence-electron chi connectivity index (χ4n) is 3.10. The molecule has 0 atom stereocenters. The minimum Gasteiger partial charge on any atom is -0.353 e. The van der Waals surface area contributed by atoms with Crippen molar-refractivity contribution in [2.75, 3.05) is 24.6 Å². The third-order valence-electron chi connectivity index (χ3n) is 4.38. The first-order valence-electron chi connectivity index (χ1n) is 8.49. The van der Waals surface area contributed by atoms with Crippen molar-refractivity contribution in [3.63, 3.8) is 0 Å². The van der Waals surface area contributed by atoms with Crippen LogP contribution in [-0.4, -0.2) is 67.4 Å². The van der Waals surface area contributed by atoms with Crippen LogP contribution in [0.4, 0.5) is 0 Å². The second-order valence-electron chi connectivity index (χ2n) is 6.74. The Balaban J connectivity index is 1.88. The molecule has 0 unspecified atom stereocenters. The van der Waals surface area contributed by atoms with Gasteiger partial charge in [-0.1, -0.05) is 30.3 Å². The van der Waals surface area contributed by atoms with E-state index in [1.807, 2.05) is 30.3 Å². The van der Waals surface area contributed by atoms with Crippen molar-refractivity contribution in [1.82, 2.24) is 10.2 Å². The zero-order valence-corrected chi connectivity index (χ0v) is 16.3. The lowest BCUT2D eigenvalue weighted by atomic mass is 10.0. The molecule has 2 rings (SSSR count). The number of piperidine rings is 1. The SMILES string of the molecule is O=C(NC1CCN(Cc2ccccc2)CC1)C(CS(=O)(=O)O)CS(=O)(=O)O.